The van der Waals surface area contributed by atoms with Crippen molar-refractivity contribution in [2.45, 2.75) is 12.5 Å². The lowest BCUT2D eigenvalue weighted by molar-refractivity contribution is -0.125. The lowest BCUT2D eigenvalue weighted by Gasteiger charge is -2.13. The molecule has 0 fully saturated rings. The molecule has 0 radical (unpaired) electrons. The Balaban J connectivity index is 0.00000400. The minimum absolute atomic E-state index is 0. The van der Waals surface area contributed by atoms with Gasteiger partial charge in [0.05, 0.1) is 13.0 Å². The van der Waals surface area contributed by atoms with Crippen LogP contribution in [0.5, 0.6) is 5.75 Å². The van der Waals surface area contributed by atoms with Crippen molar-refractivity contribution in [1.29, 1.82) is 0 Å². The normalized spacial score (nSPS) is 11.1. The summed E-state index contributed by atoms with van der Waals surface area (Å²) in [4.78, 5) is 22.3. The predicted octanol–water partition coefficient (Wildman–Crippen LogP) is 0.275. The fourth-order valence-corrected chi connectivity index (χ4v) is 1.44. The molecule has 0 saturated heterocycles. The van der Waals surface area contributed by atoms with Gasteiger partial charge in [-0.05, 0) is 24.3 Å². The molecule has 0 heterocycles. The summed E-state index contributed by atoms with van der Waals surface area (Å²) >= 11 is 0. The van der Waals surface area contributed by atoms with Crippen molar-refractivity contribution in [3.63, 3.8) is 0 Å². The molecule has 0 saturated carbocycles. The molecule has 1 atom stereocenters. The molecule has 2 amide bonds. The SMILES string of the molecule is COC(CN)C(=O)Nc1ccc(OCCC(N)=O)cc1.Cl. The number of primary amides is 1. The van der Waals surface area contributed by atoms with E-state index in [0.717, 1.165) is 0 Å². The van der Waals surface area contributed by atoms with Crippen LogP contribution in [0.2, 0.25) is 0 Å². The molecular formula is C13H20ClN3O4. The maximum absolute atomic E-state index is 11.7. The number of halogens is 1. The third-order valence-electron chi connectivity index (χ3n) is 2.53. The first-order valence-corrected chi connectivity index (χ1v) is 6.11. The number of anilines is 1. The molecule has 1 aromatic carbocycles. The molecule has 1 aromatic rings. The molecule has 0 aliphatic rings. The van der Waals surface area contributed by atoms with Crippen LogP contribution in [-0.2, 0) is 14.3 Å². The van der Waals surface area contributed by atoms with Gasteiger partial charge < -0.3 is 26.3 Å². The molecule has 8 heteroatoms. The van der Waals surface area contributed by atoms with Crippen molar-refractivity contribution in [1.82, 2.24) is 0 Å². The Morgan fingerprint density at radius 3 is 2.38 bits per heavy atom. The van der Waals surface area contributed by atoms with Gasteiger partial charge in [-0.25, -0.2) is 0 Å². The molecule has 0 aliphatic carbocycles. The number of benzene rings is 1. The van der Waals surface area contributed by atoms with Crippen molar-refractivity contribution in [3.8, 4) is 5.75 Å². The molecule has 118 valence electrons. The summed E-state index contributed by atoms with van der Waals surface area (Å²) in [6.45, 7) is 0.330. The topological polar surface area (TPSA) is 117 Å². The van der Waals surface area contributed by atoms with Gasteiger partial charge in [0, 0.05) is 19.3 Å². The maximum Gasteiger partial charge on any atom is 0.254 e. The molecule has 21 heavy (non-hydrogen) atoms. The lowest BCUT2D eigenvalue weighted by atomic mass is 10.2. The van der Waals surface area contributed by atoms with E-state index in [2.05, 4.69) is 5.32 Å². The summed E-state index contributed by atoms with van der Waals surface area (Å²) in [5.74, 6) is -0.134. The Morgan fingerprint density at radius 2 is 1.90 bits per heavy atom. The van der Waals surface area contributed by atoms with Gasteiger partial charge in [-0.3, -0.25) is 9.59 Å². The summed E-state index contributed by atoms with van der Waals surface area (Å²) in [7, 11) is 1.42. The summed E-state index contributed by atoms with van der Waals surface area (Å²) in [6.07, 6.45) is -0.522. The number of carbonyl (C=O) groups excluding carboxylic acids is 2. The second-order valence-electron chi connectivity index (χ2n) is 4.04. The highest BCUT2D eigenvalue weighted by Gasteiger charge is 2.15. The monoisotopic (exact) mass is 317 g/mol. The first-order valence-electron chi connectivity index (χ1n) is 6.11. The number of nitrogens with one attached hydrogen (secondary N) is 1. The van der Waals surface area contributed by atoms with Gasteiger partial charge in [-0.1, -0.05) is 0 Å². The zero-order valence-electron chi connectivity index (χ0n) is 11.7. The van der Waals surface area contributed by atoms with E-state index in [-0.39, 0.29) is 37.9 Å². The number of methoxy groups -OCH3 is 1. The summed E-state index contributed by atoms with van der Waals surface area (Å²) < 4.78 is 10.2. The standard InChI is InChI=1S/C13H19N3O4.ClH/c1-19-11(8-14)13(18)16-9-2-4-10(5-3-9)20-7-6-12(15)17;/h2-5,11H,6-8,14H2,1H3,(H2,15,17)(H,16,18);1H. The largest absolute Gasteiger partial charge is 0.493 e. The van der Waals surface area contributed by atoms with E-state index in [9.17, 15) is 9.59 Å². The van der Waals surface area contributed by atoms with Crippen LogP contribution in [0.4, 0.5) is 5.69 Å². The number of ether oxygens (including phenoxy) is 2. The van der Waals surface area contributed by atoms with Crippen molar-refractivity contribution < 1.29 is 19.1 Å². The van der Waals surface area contributed by atoms with Crippen molar-refractivity contribution in [2.24, 2.45) is 11.5 Å². The van der Waals surface area contributed by atoms with E-state index >= 15 is 0 Å². The average molecular weight is 318 g/mol. The Labute approximate surface area is 129 Å². The highest BCUT2D eigenvalue weighted by atomic mass is 35.5. The summed E-state index contributed by atoms with van der Waals surface area (Å²) in [5.41, 5.74) is 11.0. The van der Waals surface area contributed by atoms with Crippen LogP contribution in [0.25, 0.3) is 0 Å². The average Bonchev–Trinajstić information content (AvgIpc) is 2.42. The minimum Gasteiger partial charge on any atom is -0.493 e. The number of hydrogen-bond donors (Lipinski definition) is 3. The smallest absolute Gasteiger partial charge is 0.254 e. The Hall–Kier alpha value is -1.83. The number of carbonyl (C=O) groups is 2. The highest BCUT2D eigenvalue weighted by molar-refractivity contribution is 5.94. The van der Waals surface area contributed by atoms with Crippen LogP contribution in [0, 0.1) is 0 Å². The molecule has 0 aromatic heterocycles. The van der Waals surface area contributed by atoms with Gasteiger partial charge in [-0.15, -0.1) is 12.4 Å². The van der Waals surface area contributed by atoms with Crippen molar-refractivity contribution in [2.75, 3.05) is 25.6 Å². The first-order chi connectivity index (χ1) is 9.56. The van der Waals surface area contributed by atoms with E-state index in [1.165, 1.54) is 7.11 Å². The van der Waals surface area contributed by atoms with Gasteiger partial charge in [0.2, 0.25) is 5.91 Å². The second kappa shape index (κ2) is 9.98. The van der Waals surface area contributed by atoms with E-state index in [0.29, 0.717) is 11.4 Å². The maximum atomic E-state index is 11.7. The zero-order chi connectivity index (χ0) is 15.0. The fraction of sp³-hybridized carbons (Fsp3) is 0.385. The molecule has 0 aliphatic heterocycles. The van der Waals surface area contributed by atoms with Crippen molar-refractivity contribution in [3.05, 3.63) is 24.3 Å². The van der Waals surface area contributed by atoms with Crippen molar-refractivity contribution >= 4 is 29.9 Å². The van der Waals surface area contributed by atoms with Crippen LogP contribution in [0.1, 0.15) is 6.42 Å². The molecule has 1 unspecified atom stereocenters. The second-order valence-corrected chi connectivity index (χ2v) is 4.04. The minimum atomic E-state index is -0.679. The molecule has 0 spiro atoms. The van der Waals surface area contributed by atoms with Gasteiger partial charge in [0.25, 0.3) is 5.91 Å². The molecule has 1 rings (SSSR count). The quantitative estimate of drug-likeness (QED) is 0.636. The Bertz CT molecular complexity index is 449. The fourth-order valence-electron chi connectivity index (χ4n) is 1.44. The zero-order valence-corrected chi connectivity index (χ0v) is 12.5. The molecule has 5 N–H and O–H groups in total. The Kier molecular flexibility index (Phi) is 9.11. The molecule has 7 nitrogen and oxygen atoms in total. The predicted molar refractivity (Wildman–Crippen MR) is 81.5 cm³/mol. The molecule has 0 bridgehead atoms. The van der Waals surface area contributed by atoms with Gasteiger partial charge in [0.1, 0.15) is 11.9 Å². The van der Waals surface area contributed by atoms with Gasteiger partial charge >= 0.3 is 0 Å². The van der Waals surface area contributed by atoms with E-state index < -0.39 is 12.0 Å². The number of rotatable bonds is 8. The van der Waals surface area contributed by atoms with Gasteiger partial charge in [-0.2, -0.15) is 0 Å². The lowest BCUT2D eigenvalue weighted by Crippen LogP contribution is -2.35. The van der Waals surface area contributed by atoms with Gasteiger partial charge in [0.15, 0.2) is 0 Å². The van der Waals surface area contributed by atoms with E-state index in [4.69, 9.17) is 20.9 Å². The number of amides is 2. The van der Waals surface area contributed by atoms with Crippen LogP contribution in [-0.4, -0.2) is 38.2 Å². The van der Waals surface area contributed by atoms with Crippen LogP contribution in [0.3, 0.4) is 0 Å². The van der Waals surface area contributed by atoms with Crippen LogP contribution < -0.4 is 21.5 Å². The summed E-state index contributed by atoms with van der Waals surface area (Å²) in [6, 6.07) is 6.73. The third-order valence-corrected chi connectivity index (χ3v) is 2.53. The first kappa shape index (κ1) is 19.2. The number of hydrogen-bond acceptors (Lipinski definition) is 5. The summed E-state index contributed by atoms with van der Waals surface area (Å²) in [5, 5.41) is 2.67. The Morgan fingerprint density at radius 1 is 1.29 bits per heavy atom. The highest BCUT2D eigenvalue weighted by Crippen LogP contribution is 2.16. The van der Waals surface area contributed by atoms with E-state index in [1.54, 1.807) is 24.3 Å². The number of nitrogens with two attached hydrogens (primary N) is 2. The van der Waals surface area contributed by atoms with Crippen LogP contribution in [0.15, 0.2) is 24.3 Å². The van der Waals surface area contributed by atoms with Crippen LogP contribution >= 0.6 is 12.4 Å². The molecular weight excluding hydrogens is 298 g/mol. The van der Waals surface area contributed by atoms with E-state index in [1.807, 2.05) is 0 Å². The third kappa shape index (κ3) is 6.94.